The molecule has 1 rings (SSSR count). The fraction of sp³-hybridized carbons (Fsp3) is 0.724. The molecule has 0 amide bonds. The smallest absolute Gasteiger partial charge is 0.311 e. The molecule has 0 saturated heterocycles. The number of unbranched alkanes of at least 4 members (excludes halogenated alkanes) is 12. The maximum Gasteiger partial charge on any atom is 0.311 e. The summed E-state index contributed by atoms with van der Waals surface area (Å²) in [5, 5.41) is 0. The monoisotopic (exact) mass is 460 g/mol. The fourth-order valence-corrected chi connectivity index (χ4v) is 3.90. The predicted octanol–water partition coefficient (Wildman–Crippen LogP) is 8.81. The van der Waals surface area contributed by atoms with Gasteiger partial charge in [-0.25, -0.2) is 0 Å². The summed E-state index contributed by atoms with van der Waals surface area (Å²) in [6.07, 6.45) is 18.4. The van der Waals surface area contributed by atoms with Crippen molar-refractivity contribution in [1.82, 2.24) is 0 Å². The fourth-order valence-electron chi connectivity index (χ4n) is 3.90. The number of rotatable bonds is 20. The number of ether oxygens (including phenoxy) is 2. The van der Waals surface area contributed by atoms with Gasteiger partial charge in [-0.1, -0.05) is 116 Å². The highest BCUT2D eigenvalue weighted by Gasteiger charge is 2.13. The molecule has 0 aliphatic heterocycles. The second kappa shape index (κ2) is 19.6. The molecule has 0 N–H and O–H groups in total. The third-order valence-electron chi connectivity index (χ3n) is 5.94. The van der Waals surface area contributed by atoms with Crippen LogP contribution in [0.2, 0.25) is 0 Å². The molecule has 188 valence electrons. The zero-order valence-corrected chi connectivity index (χ0v) is 21.5. The highest BCUT2D eigenvalue weighted by atomic mass is 16.6. The molecular weight excluding hydrogens is 412 g/mol. The molecular formula is C29H48O4. The van der Waals surface area contributed by atoms with E-state index in [1.165, 1.54) is 64.2 Å². The van der Waals surface area contributed by atoms with Gasteiger partial charge in [-0.2, -0.15) is 0 Å². The van der Waals surface area contributed by atoms with Crippen LogP contribution in [0.3, 0.4) is 0 Å². The average molecular weight is 461 g/mol. The number of benzene rings is 1. The summed E-state index contributed by atoms with van der Waals surface area (Å²) in [7, 11) is 0. The van der Waals surface area contributed by atoms with Crippen LogP contribution in [0.5, 0.6) is 11.5 Å². The second-order valence-electron chi connectivity index (χ2n) is 9.67. The molecule has 4 heteroatoms. The summed E-state index contributed by atoms with van der Waals surface area (Å²) in [6, 6.07) is 6.95. The van der Waals surface area contributed by atoms with Crippen molar-refractivity contribution in [2.45, 2.75) is 130 Å². The molecule has 0 heterocycles. The van der Waals surface area contributed by atoms with Crippen LogP contribution in [0.1, 0.15) is 130 Å². The van der Waals surface area contributed by atoms with Crippen molar-refractivity contribution in [3.05, 3.63) is 24.3 Å². The van der Waals surface area contributed by atoms with E-state index in [-0.39, 0.29) is 11.9 Å². The van der Waals surface area contributed by atoms with Crippen LogP contribution >= 0.6 is 0 Å². The van der Waals surface area contributed by atoms with Gasteiger partial charge < -0.3 is 9.47 Å². The molecule has 1 aromatic rings. The van der Waals surface area contributed by atoms with Crippen LogP contribution < -0.4 is 9.47 Å². The number of carbonyl (C=O) groups is 2. The summed E-state index contributed by atoms with van der Waals surface area (Å²) in [6.45, 7) is 6.76. The van der Waals surface area contributed by atoms with Crippen LogP contribution in [0.25, 0.3) is 0 Å². The highest BCUT2D eigenvalue weighted by Crippen LogP contribution is 2.27. The first-order valence-corrected chi connectivity index (χ1v) is 13.5. The molecule has 0 spiro atoms. The molecule has 0 bridgehead atoms. The summed E-state index contributed by atoms with van der Waals surface area (Å²) < 4.78 is 11.0. The van der Waals surface area contributed by atoms with Crippen molar-refractivity contribution < 1.29 is 19.1 Å². The Morgan fingerprint density at radius 3 is 1.45 bits per heavy atom. The van der Waals surface area contributed by atoms with E-state index in [1.807, 2.05) is 0 Å². The third-order valence-corrected chi connectivity index (χ3v) is 5.94. The van der Waals surface area contributed by atoms with Gasteiger partial charge in [-0.15, -0.1) is 0 Å². The Bertz CT molecular complexity index is 638. The van der Waals surface area contributed by atoms with Crippen molar-refractivity contribution in [3.8, 4) is 11.5 Å². The molecule has 0 unspecified atom stereocenters. The van der Waals surface area contributed by atoms with Crippen LogP contribution in [0.15, 0.2) is 24.3 Å². The van der Waals surface area contributed by atoms with Crippen molar-refractivity contribution in [1.29, 1.82) is 0 Å². The molecule has 4 nitrogen and oxygen atoms in total. The molecule has 0 aliphatic rings. The van der Waals surface area contributed by atoms with Crippen LogP contribution in [-0.2, 0) is 9.59 Å². The van der Waals surface area contributed by atoms with E-state index in [0.717, 1.165) is 38.0 Å². The Balaban J connectivity index is 2.21. The quantitative estimate of drug-likeness (QED) is 0.111. The van der Waals surface area contributed by atoms with Gasteiger partial charge in [0.25, 0.3) is 0 Å². The Morgan fingerprint density at radius 2 is 1.03 bits per heavy atom. The summed E-state index contributed by atoms with van der Waals surface area (Å²) in [4.78, 5) is 24.5. The minimum Gasteiger partial charge on any atom is -0.423 e. The third kappa shape index (κ3) is 16.4. The van der Waals surface area contributed by atoms with Gasteiger partial charge in [0, 0.05) is 12.8 Å². The Labute approximate surface area is 202 Å². The zero-order valence-electron chi connectivity index (χ0n) is 21.5. The maximum atomic E-state index is 12.2. The van der Waals surface area contributed by atoms with Gasteiger partial charge in [0.15, 0.2) is 11.5 Å². The lowest BCUT2D eigenvalue weighted by Gasteiger charge is -2.10. The number of para-hydroxylation sites is 2. The highest BCUT2D eigenvalue weighted by molar-refractivity contribution is 5.76. The second-order valence-corrected chi connectivity index (χ2v) is 9.67. The average Bonchev–Trinajstić information content (AvgIpc) is 2.78. The molecule has 0 radical (unpaired) electrons. The molecule has 33 heavy (non-hydrogen) atoms. The van der Waals surface area contributed by atoms with Gasteiger partial charge in [0.2, 0.25) is 0 Å². The topological polar surface area (TPSA) is 52.6 Å². The van der Waals surface area contributed by atoms with E-state index >= 15 is 0 Å². The van der Waals surface area contributed by atoms with Crippen molar-refractivity contribution in [2.75, 3.05) is 0 Å². The normalized spacial score (nSPS) is 11.0. The Hall–Kier alpha value is -1.84. The summed E-state index contributed by atoms with van der Waals surface area (Å²) in [5.74, 6) is 0.927. The van der Waals surface area contributed by atoms with E-state index in [0.29, 0.717) is 24.3 Å². The van der Waals surface area contributed by atoms with Gasteiger partial charge in [-0.05, 0) is 30.9 Å². The van der Waals surface area contributed by atoms with Crippen molar-refractivity contribution in [2.24, 2.45) is 5.92 Å². The molecule has 0 fully saturated rings. The van der Waals surface area contributed by atoms with E-state index in [4.69, 9.17) is 9.47 Å². The Morgan fingerprint density at radius 1 is 0.636 bits per heavy atom. The summed E-state index contributed by atoms with van der Waals surface area (Å²) in [5.41, 5.74) is 0. The minimum absolute atomic E-state index is 0.262. The van der Waals surface area contributed by atoms with Gasteiger partial charge in [0.05, 0.1) is 0 Å². The first kappa shape index (κ1) is 29.2. The van der Waals surface area contributed by atoms with E-state index in [1.54, 1.807) is 24.3 Å². The predicted molar refractivity (Wildman–Crippen MR) is 137 cm³/mol. The minimum atomic E-state index is -0.263. The summed E-state index contributed by atoms with van der Waals surface area (Å²) >= 11 is 0. The standard InChI is InChI=1S/C29H48O4/c1-4-5-6-7-8-9-13-16-23-28(30)32-26-21-18-19-22-27(26)33-29(31)24-17-14-11-10-12-15-20-25(2)3/h18-19,21-22,25H,4-17,20,23-24H2,1-3H3. The first-order valence-electron chi connectivity index (χ1n) is 13.5. The van der Waals surface area contributed by atoms with Gasteiger partial charge in [0.1, 0.15) is 0 Å². The maximum absolute atomic E-state index is 12.2. The largest absolute Gasteiger partial charge is 0.423 e. The van der Waals surface area contributed by atoms with Crippen molar-refractivity contribution in [3.63, 3.8) is 0 Å². The first-order chi connectivity index (χ1) is 16.0. The lowest BCUT2D eigenvalue weighted by Crippen LogP contribution is -2.12. The van der Waals surface area contributed by atoms with E-state index < -0.39 is 0 Å². The molecule has 0 saturated carbocycles. The molecule has 0 atom stereocenters. The van der Waals surface area contributed by atoms with Crippen LogP contribution in [-0.4, -0.2) is 11.9 Å². The lowest BCUT2D eigenvalue weighted by atomic mass is 10.0. The van der Waals surface area contributed by atoms with Crippen LogP contribution in [0, 0.1) is 5.92 Å². The van der Waals surface area contributed by atoms with E-state index in [9.17, 15) is 9.59 Å². The van der Waals surface area contributed by atoms with Crippen molar-refractivity contribution >= 4 is 11.9 Å². The molecule has 1 aromatic carbocycles. The van der Waals surface area contributed by atoms with Gasteiger partial charge >= 0.3 is 11.9 Å². The molecule has 0 aromatic heterocycles. The lowest BCUT2D eigenvalue weighted by molar-refractivity contribution is -0.137. The Kier molecular flexibility index (Phi) is 17.4. The number of hydrogen-bond donors (Lipinski definition) is 0. The van der Waals surface area contributed by atoms with E-state index in [2.05, 4.69) is 20.8 Å². The molecule has 0 aliphatic carbocycles. The van der Waals surface area contributed by atoms with Gasteiger partial charge in [-0.3, -0.25) is 9.59 Å². The number of hydrogen-bond acceptors (Lipinski definition) is 4. The van der Waals surface area contributed by atoms with Crippen LogP contribution in [0.4, 0.5) is 0 Å². The SMILES string of the molecule is CCCCCCCCCCC(=O)Oc1ccccc1OC(=O)CCCCCCCCC(C)C. The zero-order chi connectivity index (χ0) is 24.2. The number of esters is 2. The number of carbonyl (C=O) groups excluding carboxylic acids is 2.